The predicted octanol–water partition coefficient (Wildman–Crippen LogP) is 3.22. The summed E-state index contributed by atoms with van der Waals surface area (Å²) in [6, 6.07) is 11.8. The second-order valence-corrected chi connectivity index (χ2v) is 10.8. The number of benzene rings is 2. The summed E-state index contributed by atoms with van der Waals surface area (Å²) < 4.78 is 5.05. The van der Waals surface area contributed by atoms with Gasteiger partial charge in [-0.3, -0.25) is 14.4 Å². The van der Waals surface area contributed by atoms with Gasteiger partial charge in [0.2, 0.25) is 11.8 Å². The monoisotopic (exact) mass is 530 g/mol. The zero-order valence-electron chi connectivity index (χ0n) is 22.7. The van der Waals surface area contributed by atoms with E-state index in [1.54, 1.807) is 17.2 Å². The smallest absolute Gasteiger partial charge is 0.255 e. The molecule has 3 atom stereocenters. The van der Waals surface area contributed by atoms with Gasteiger partial charge in [0, 0.05) is 37.2 Å². The molecule has 2 aliphatic heterocycles. The van der Waals surface area contributed by atoms with E-state index in [9.17, 15) is 19.5 Å². The molecule has 0 radical (unpaired) electrons. The minimum atomic E-state index is -0.812. The van der Waals surface area contributed by atoms with Crippen molar-refractivity contribution in [3.05, 3.63) is 76.7 Å². The number of aromatic nitrogens is 1. The van der Waals surface area contributed by atoms with E-state index in [-0.39, 0.29) is 43.1 Å². The number of aryl methyl sites for hydroxylation is 2. The summed E-state index contributed by atoms with van der Waals surface area (Å²) in [5.74, 6) is -0.990. The fourth-order valence-corrected chi connectivity index (χ4v) is 5.69. The third-order valence-corrected chi connectivity index (χ3v) is 7.79. The van der Waals surface area contributed by atoms with Gasteiger partial charge in [-0.15, -0.1) is 0 Å². The summed E-state index contributed by atoms with van der Waals surface area (Å²) in [4.78, 5) is 43.4. The molecule has 2 aliphatic rings. The van der Waals surface area contributed by atoms with E-state index >= 15 is 0 Å². The van der Waals surface area contributed by atoms with Crippen molar-refractivity contribution in [3.63, 3.8) is 0 Å². The van der Waals surface area contributed by atoms with E-state index in [4.69, 9.17) is 4.52 Å². The molecule has 0 aliphatic carbocycles. The van der Waals surface area contributed by atoms with Crippen LogP contribution >= 0.6 is 0 Å². The fraction of sp³-hybridized carbons (Fsp3) is 0.400. The number of β-amino-alcohol motifs (C(OH)–C–C–N with tert-alkyl or cyclic N) is 1. The second kappa shape index (κ2) is 10.6. The topological polar surface area (TPSA) is 116 Å². The summed E-state index contributed by atoms with van der Waals surface area (Å²) in [6.45, 7) is 8.34. The van der Waals surface area contributed by atoms with Crippen molar-refractivity contribution < 1.29 is 24.0 Å². The largest absolute Gasteiger partial charge is 0.391 e. The normalized spacial score (nSPS) is 19.5. The number of carbonyl (C=O) groups is 3. The maximum absolute atomic E-state index is 13.9. The molecule has 1 saturated heterocycles. The number of nitrogens with zero attached hydrogens (tertiary/aromatic N) is 3. The minimum absolute atomic E-state index is 0.0565. The molecule has 3 amide bonds. The van der Waals surface area contributed by atoms with Crippen LogP contribution in [0, 0.1) is 19.8 Å². The second-order valence-electron chi connectivity index (χ2n) is 10.8. The van der Waals surface area contributed by atoms with Gasteiger partial charge in [-0.25, -0.2) is 0 Å². The summed E-state index contributed by atoms with van der Waals surface area (Å²) in [7, 11) is 0. The lowest BCUT2D eigenvalue weighted by atomic mass is 10.00. The number of amides is 3. The van der Waals surface area contributed by atoms with Crippen LogP contribution in [0.4, 0.5) is 0 Å². The van der Waals surface area contributed by atoms with Crippen LogP contribution in [-0.4, -0.2) is 62.5 Å². The maximum Gasteiger partial charge on any atom is 0.255 e. The predicted molar refractivity (Wildman–Crippen MR) is 144 cm³/mol. The van der Waals surface area contributed by atoms with Crippen molar-refractivity contribution in [2.75, 3.05) is 6.54 Å². The van der Waals surface area contributed by atoms with Gasteiger partial charge < -0.3 is 24.7 Å². The number of carbonyl (C=O) groups excluding carboxylic acids is 3. The Morgan fingerprint density at radius 1 is 1.15 bits per heavy atom. The molecule has 0 saturated carbocycles. The third kappa shape index (κ3) is 5.06. The van der Waals surface area contributed by atoms with Crippen LogP contribution in [0.5, 0.6) is 0 Å². The van der Waals surface area contributed by atoms with Gasteiger partial charge in [-0.1, -0.05) is 55.4 Å². The number of aliphatic hydroxyl groups is 1. The molecule has 9 heteroatoms. The lowest BCUT2D eigenvalue weighted by molar-refractivity contribution is -0.143. The Balaban J connectivity index is 1.29. The molecule has 0 bridgehead atoms. The molecule has 39 heavy (non-hydrogen) atoms. The van der Waals surface area contributed by atoms with Crippen LogP contribution in [0.2, 0.25) is 0 Å². The Labute approximate surface area is 227 Å². The minimum Gasteiger partial charge on any atom is -0.391 e. The molecule has 3 aromatic rings. The van der Waals surface area contributed by atoms with Crippen LogP contribution in [0.1, 0.15) is 53.0 Å². The van der Waals surface area contributed by atoms with Crippen molar-refractivity contribution in [1.29, 1.82) is 0 Å². The number of fused-ring (bicyclic) bond motifs is 1. The van der Waals surface area contributed by atoms with E-state index in [1.165, 1.54) is 4.90 Å². The molecule has 3 unspecified atom stereocenters. The number of hydrogen-bond acceptors (Lipinski definition) is 6. The number of hydrogen-bond donors (Lipinski definition) is 2. The number of aliphatic hydroxyl groups excluding tert-OH is 1. The zero-order valence-corrected chi connectivity index (χ0v) is 22.7. The van der Waals surface area contributed by atoms with Gasteiger partial charge in [0.25, 0.3) is 5.91 Å². The Kier molecular flexibility index (Phi) is 7.27. The van der Waals surface area contributed by atoms with Crippen LogP contribution < -0.4 is 5.32 Å². The SMILES string of the molecule is Cc1cc(-c2conc2C)ccc1CNC(=O)C1CC(O)CN1C(=O)C(C(C)C)N1Cc2ccccc2C1=O. The highest BCUT2D eigenvalue weighted by molar-refractivity contribution is 6.01. The van der Waals surface area contributed by atoms with Crippen molar-refractivity contribution in [2.24, 2.45) is 5.92 Å². The quantitative estimate of drug-likeness (QED) is 0.485. The Morgan fingerprint density at radius 2 is 1.92 bits per heavy atom. The standard InChI is InChI=1S/C30H34N4O5/c1-17(2)27(34-14-22-7-5-6-8-24(22)29(34)37)30(38)33-15-23(35)12-26(33)28(36)31-13-21-10-9-20(11-18(21)3)25-16-39-32-19(25)4/h5-11,16-17,23,26-27,35H,12-15H2,1-4H3,(H,31,36). The fourth-order valence-electron chi connectivity index (χ4n) is 5.69. The van der Waals surface area contributed by atoms with Crippen molar-refractivity contribution in [1.82, 2.24) is 20.3 Å². The first-order chi connectivity index (χ1) is 18.7. The number of rotatable bonds is 7. The first-order valence-electron chi connectivity index (χ1n) is 13.3. The molecular formula is C30H34N4O5. The van der Waals surface area contributed by atoms with Gasteiger partial charge >= 0.3 is 0 Å². The Bertz CT molecular complexity index is 1410. The van der Waals surface area contributed by atoms with Crippen LogP contribution in [-0.2, 0) is 22.7 Å². The summed E-state index contributed by atoms with van der Waals surface area (Å²) >= 11 is 0. The number of nitrogens with one attached hydrogen (secondary N) is 1. The van der Waals surface area contributed by atoms with Gasteiger partial charge in [0.1, 0.15) is 18.3 Å². The summed E-state index contributed by atoms with van der Waals surface area (Å²) in [6.07, 6.45) is 0.958. The molecular weight excluding hydrogens is 496 g/mol. The highest BCUT2D eigenvalue weighted by Crippen LogP contribution is 2.30. The molecule has 1 aromatic heterocycles. The molecule has 2 N–H and O–H groups in total. The van der Waals surface area contributed by atoms with E-state index in [0.29, 0.717) is 12.1 Å². The average molecular weight is 531 g/mol. The first-order valence-corrected chi connectivity index (χ1v) is 13.3. The third-order valence-electron chi connectivity index (χ3n) is 7.79. The van der Waals surface area contributed by atoms with E-state index in [0.717, 1.165) is 33.5 Å². The van der Waals surface area contributed by atoms with Crippen LogP contribution in [0.15, 0.2) is 53.3 Å². The first kappa shape index (κ1) is 26.6. The Hall–Kier alpha value is -3.98. The lowest BCUT2D eigenvalue weighted by Crippen LogP contribution is -2.55. The van der Waals surface area contributed by atoms with Gasteiger partial charge in [0.05, 0.1) is 11.8 Å². The van der Waals surface area contributed by atoms with E-state index < -0.39 is 18.2 Å². The van der Waals surface area contributed by atoms with E-state index in [2.05, 4.69) is 10.5 Å². The molecule has 0 spiro atoms. The average Bonchev–Trinajstić information content (AvgIpc) is 3.60. The number of likely N-dealkylation sites (tertiary alicyclic amines) is 1. The maximum atomic E-state index is 13.9. The molecule has 9 nitrogen and oxygen atoms in total. The molecule has 2 aromatic carbocycles. The molecule has 1 fully saturated rings. The molecule has 204 valence electrons. The highest BCUT2D eigenvalue weighted by Gasteiger charge is 2.45. The Morgan fingerprint density at radius 3 is 2.59 bits per heavy atom. The van der Waals surface area contributed by atoms with Crippen molar-refractivity contribution in [3.8, 4) is 11.1 Å². The van der Waals surface area contributed by atoms with Gasteiger partial charge in [0.15, 0.2) is 0 Å². The highest BCUT2D eigenvalue weighted by atomic mass is 16.5. The van der Waals surface area contributed by atoms with Crippen LogP contribution in [0.25, 0.3) is 11.1 Å². The van der Waals surface area contributed by atoms with Crippen molar-refractivity contribution >= 4 is 17.7 Å². The van der Waals surface area contributed by atoms with Crippen molar-refractivity contribution in [2.45, 2.75) is 65.4 Å². The van der Waals surface area contributed by atoms with Crippen LogP contribution in [0.3, 0.4) is 0 Å². The molecule has 5 rings (SSSR count). The lowest BCUT2D eigenvalue weighted by Gasteiger charge is -2.35. The van der Waals surface area contributed by atoms with Gasteiger partial charge in [-0.2, -0.15) is 0 Å². The van der Waals surface area contributed by atoms with Gasteiger partial charge in [-0.05, 0) is 48.1 Å². The van der Waals surface area contributed by atoms with E-state index in [1.807, 2.05) is 64.1 Å². The zero-order chi connectivity index (χ0) is 27.8. The molecule has 3 heterocycles. The summed E-state index contributed by atoms with van der Waals surface area (Å²) in [5.41, 5.74) is 6.14. The summed E-state index contributed by atoms with van der Waals surface area (Å²) in [5, 5.41) is 17.3.